The highest BCUT2D eigenvalue weighted by atomic mass is 32.2. The molecule has 24 heavy (non-hydrogen) atoms. The summed E-state index contributed by atoms with van der Waals surface area (Å²) >= 11 is 2.82. The highest BCUT2D eigenvalue weighted by Crippen LogP contribution is 2.30. The van der Waals surface area contributed by atoms with Crippen LogP contribution in [0.2, 0.25) is 0 Å². The van der Waals surface area contributed by atoms with Gasteiger partial charge in [-0.25, -0.2) is 0 Å². The number of hydrogen-bond acceptors (Lipinski definition) is 8. The van der Waals surface area contributed by atoms with Crippen molar-refractivity contribution in [2.45, 2.75) is 23.2 Å². The summed E-state index contributed by atoms with van der Waals surface area (Å²) in [6.45, 7) is 2.42. The average molecular weight is 371 g/mol. The smallest absolute Gasteiger partial charge is 0.242 e. The molecule has 1 aromatic heterocycles. The molecule has 10 heteroatoms. The minimum Gasteiger partial charge on any atom is -0.378 e. The van der Waals surface area contributed by atoms with E-state index in [2.05, 4.69) is 15.5 Å². The van der Waals surface area contributed by atoms with Gasteiger partial charge in [0.15, 0.2) is 4.34 Å². The first-order valence-electron chi connectivity index (χ1n) is 7.94. The summed E-state index contributed by atoms with van der Waals surface area (Å²) in [6, 6.07) is 0.537. The summed E-state index contributed by atoms with van der Waals surface area (Å²) in [5.41, 5.74) is 0. The zero-order valence-electron chi connectivity index (χ0n) is 13.6. The molecule has 2 heterocycles. The zero-order chi connectivity index (χ0) is 16.9. The molecule has 0 radical (unpaired) electrons. The van der Waals surface area contributed by atoms with Crippen molar-refractivity contribution in [1.29, 1.82) is 0 Å². The number of carbonyl (C=O) groups is 2. The Morgan fingerprint density at radius 1 is 1.38 bits per heavy atom. The van der Waals surface area contributed by atoms with Crippen LogP contribution in [0.4, 0.5) is 5.13 Å². The SMILES string of the molecule is CN(CC(=O)N1CCOCC1)C(=O)CSc1nnc(NC2CC2)s1. The van der Waals surface area contributed by atoms with Crippen LogP contribution in [0.5, 0.6) is 0 Å². The predicted octanol–water partition coefficient (Wildman–Crippen LogP) is 0.522. The lowest BCUT2D eigenvalue weighted by Crippen LogP contribution is -2.46. The fraction of sp³-hybridized carbons (Fsp3) is 0.714. The summed E-state index contributed by atoms with van der Waals surface area (Å²) in [5.74, 6) is 0.129. The quantitative estimate of drug-likeness (QED) is 0.699. The van der Waals surface area contributed by atoms with Crippen LogP contribution in [0.25, 0.3) is 0 Å². The molecule has 0 aromatic carbocycles. The number of ether oxygens (including phenoxy) is 1. The van der Waals surface area contributed by atoms with Gasteiger partial charge in [0.2, 0.25) is 16.9 Å². The van der Waals surface area contributed by atoms with Crippen LogP contribution in [-0.2, 0) is 14.3 Å². The second-order valence-corrected chi connectivity index (χ2v) is 8.02. The first kappa shape index (κ1) is 17.4. The third-order valence-corrected chi connectivity index (χ3v) is 5.77. The van der Waals surface area contributed by atoms with Crippen molar-refractivity contribution in [3.63, 3.8) is 0 Å². The molecule has 2 fully saturated rings. The molecule has 2 amide bonds. The van der Waals surface area contributed by atoms with Gasteiger partial charge in [-0.3, -0.25) is 9.59 Å². The van der Waals surface area contributed by atoms with Crippen molar-refractivity contribution in [2.75, 3.05) is 51.0 Å². The molecule has 1 aliphatic carbocycles. The van der Waals surface area contributed by atoms with E-state index in [0.29, 0.717) is 32.3 Å². The Morgan fingerprint density at radius 3 is 2.83 bits per heavy atom. The fourth-order valence-electron chi connectivity index (χ4n) is 2.17. The minimum absolute atomic E-state index is 0.0361. The molecule has 8 nitrogen and oxygen atoms in total. The van der Waals surface area contributed by atoms with Crippen molar-refractivity contribution >= 4 is 40.0 Å². The molecule has 1 saturated heterocycles. The van der Waals surface area contributed by atoms with E-state index in [-0.39, 0.29) is 24.1 Å². The van der Waals surface area contributed by atoms with Crippen molar-refractivity contribution in [3.05, 3.63) is 0 Å². The number of nitrogens with one attached hydrogen (secondary N) is 1. The molecular formula is C14H21N5O3S2. The highest BCUT2D eigenvalue weighted by molar-refractivity contribution is 8.01. The van der Waals surface area contributed by atoms with Gasteiger partial charge in [-0.2, -0.15) is 0 Å². The Bertz CT molecular complexity index is 587. The lowest BCUT2D eigenvalue weighted by molar-refractivity contribution is -0.140. The fourth-order valence-corrected chi connectivity index (χ4v) is 3.94. The molecule has 0 unspecified atom stereocenters. The molecule has 2 aliphatic rings. The molecule has 1 aromatic rings. The molecule has 0 atom stereocenters. The zero-order valence-corrected chi connectivity index (χ0v) is 15.2. The summed E-state index contributed by atoms with van der Waals surface area (Å²) in [4.78, 5) is 27.5. The summed E-state index contributed by atoms with van der Waals surface area (Å²) in [7, 11) is 1.65. The second-order valence-electron chi connectivity index (χ2n) is 5.82. The first-order chi connectivity index (χ1) is 11.6. The molecule has 0 bridgehead atoms. The first-order valence-corrected chi connectivity index (χ1v) is 9.74. The predicted molar refractivity (Wildman–Crippen MR) is 92.3 cm³/mol. The number of morpholine rings is 1. The van der Waals surface area contributed by atoms with Crippen molar-refractivity contribution in [2.24, 2.45) is 0 Å². The molecule has 1 N–H and O–H groups in total. The standard InChI is InChI=1S/C14H21N5O3S2/c1-18(8-11(20)19-4-6-22-7-5-19)12(21)9-23-14-17-16-13(24-14)15-10-2-3-10/h10H,2-9H2,1H3,(H,15,16). The molecule has 0 spiro atoms. The number of rotatable bonds is 7. The maximum absolute atomic E-state index is 12.2. The van der Waals surface area contributed by atoms with Gasteiger partial charge in [-0.1, -0.05) is 23.1 Å². The Labute approximate surface area is 148 Å². The topological polar surface area (TPSA) is 87.7 Å². The van der Waals surface area contributed by atoms with Crippen LogP contribution in [0, 0.1) is 0 Å². The Morgan fingerprint density at radius 2 is 2.12 bits per heavy atom. The van der Waals surface area contributed by atoms with Crippen LogP contribution < -0.4 is 5.32 Å². The van der Waals surface area contributed by atoms with Gasteiger partial charge >= 0.3 is 0 Å². The highest BCUT2D eigenvalue weighted by Gasteiger charge is 2.23. The van der Waals surface area contributed by atoms with Crippen molar-refractivity contribution in [1.82, 2.24) is 20.0 Å². The van der Waals surface area contributed by atoms with Crippen molar-refractivity contribution in [3.8, 4) is 0 Å². The largest absolute Gasteiger partial charge is 0.378 e. The van der Waals surface area contributed by atoms with E-state index >= 15 is 0 Å². The van der Waals surface area contributed by atoms with Gasteiger partial charge in [-0.15, -0.1) is 10.2 Å². The number of aromatic nitrogens is 2. The van der Waals surface area contributed by atoms with E-state index in [1.165, 1.54) is 40.8 Å². The Hall–Kier alpha value is -1.39. The molecule has 132 valence electrons. The van der Waals surface area contributed by atoms with Crippen molar-refractivity contribution < 1.29 is 14.3 Å². The third kappa shape index (κ3) is 5.05. The Balaban J connectivity index is 1.40. The summed E-state index contributed by atoms with van der Waals surface area (Å²) in [5, 5.41) is 12.2. The lowest BCUT2D eigenvalue weighted by atomic mass is 10.4. The van der Waals surface area contributed by atoms with Gasteiger partial charge < -0.3 is 19.9 Å². The van der Waals surface area contributed by atoms with E-state index in [9.17, 15) is 9.59 Å². The average Bonchev–Trinajstić information content (AvgIpc) is 3.30. The second kappa shape index (κ2) is 8.13. The van der Waals surface area contributed by atoms with E-state index in [0.717, 1.165) is 9.47 Å². The van der Waals surface area contributed by atoms with Gasteiger partial charge in [0.25, 0.3) is 0 Å². The number of amides is 2. The van der Waals surface area contributed by atoms with Gasteiger partial charge in [-0.05, 0) is 12.8 Å². The third-order valence-electron chi connectivity index (χ3n) is 3.79. The van der Waals surface area contributed by atoms with E-state index < -0.39 is 0 Å². The van der Waals surface area contributed by atoms with E-state index in [1.807, 2.05) is 0 Å². The van der Waals surface area contributed by atoms with E-state index in [4.69, 9.17) is 4.74 Å². The van der Waals surface area contributed by atoms with Gasteiger partial charge in [0, 0.05) is 26.2 Å². The maximum Gasteiger partial charge on any atom is 0.242 e. The van der Waals surface area contributed by atoms with Crippen LogP contribution in [0.3, 0.4) is 0 Å². The van der Waals surface area contributed by atoms with Crippen LogP contribution in [0.1, 0.15) is 12.8 Å². The van der Waals surface area contributed by atoms with Crippen LogP contribution >= 0.6 is 23.1 Å². The minimum atomic E-state index is -0.0893. The van der Waals surface area contributed by atoms with E-state index in [1.54, 1.807) is 11.9 Å². The van der Waals surface area contributed by atoms with Gasteiger partial charge in [0.05, 0.1) is 25.5 Å². The van der Waals surface area contributed by atoms with Crippen LogP contribution in [0.15, 0.2) is 4.34 Å². The number of carbonyl (C=O) groups excluding carboxylic acids is 2. The normalized spacial score (nSPS) is 17.6. The van der Waals surface area contributed by atoms with Gasteiger partial charge in [0.1, 0.15) is 0 Å². The Kier molecular flexibility index (Phi) is 5.90. The maximum atomic E-state index is 12.2. The summed E-state index contributed by atoms with van der Waals surface area (Å²) in [6.07, 6.45) is 2.37. The number of likely N-dealkylation sites (N-methyl/N-ethyl adjacent to an activating group) is 1. The molecule has 1 saturated carbocycles. The number of nitrogens with zero attached hydrogens (tertiary/aromatic N) is 4. The summed E-state index contributed by atoms with van der Waals surface area (Å²) < 4.78 is 5.99. The number of hydrogen-bond donors (Lipinski definition) is 1. The molecule has 1 aliphatic heterocycles. The number of thioether (sulfide) groups is 1. The molecular weight excluding hydrogens is 350 g/mol. The lowest BCUT2D eigenvalue weighted by Gasteiger charge is -2.28. The number of anilines is 1. The van der Waals surface area contributed by atoms with Crippen LogP contribution in [-0.4, -0.2) is 83.5 Å². The monoisotopic (exact) mass is 371 g/mol. The molecule has 3 rings (SSSR count).